The van der Waals surface area contributed by atoms with Gasteiger partial charge in [-0.25, -0.2) is 8.78 Å². The van der Waals surface area contributed by atoms with Crippen molar-refractivity contribution in [1.29, 1.82) is 0 Å². The number of halogens is 3. The normalized spacial score (nSPS) is 14.2. The second-order valence-electron chi connectivity index (χ2n) is 5.09. The quantitative estimate of drug-likeness (QED) is 0.835. The largest absolute Gasteiger partial charge is 0.457 e. The van der Waals surface area contributed by atoms with Gasteiger partial charge in [0.1, 0.15) is 23.1 Å². The van der Waals surface area contributed by atoms with E-state index in [1.54, 1.807) is 18.2 Å². The second-order valence-corrected chi connectivity index (χ2v) is 5.94. The van der Waals surface area contributed by atoms with Crippen LogP contribution in [0.25, 0.3) is 0 Å². The minimum Gasteiger partial charge on any atom is -0.457 e. The maximum absolute atomic E-state index is 13.5. The first kappa shape index (κ1) is 14.5. The average Bonchev–Trinajstić information content (AvgIpc) is 3.27. The fraction of sp³-hybridized carbons (Fsp3) is 0.250. The summed E-state index contributed by atoms with van der Waals surface area (Å²) in [5.41, 5.74) is 0.727. The highest BCUT2D eigenvalue weighted by Gasteiger charge is 2.21. The molecule has 0 aliphatic heterocycles. The molecule has 0 radical (unpaired) electrons. The Morgan fingerprint density at radius 3 is 2.67 bits per heavy atom. The van der Waals surface area contributed by atoms with Gasteiger partial charge in [-0.1, -0.05) is 0 Å². The molecule has 0 atom stereocenters. The Hall–Kier alpha value is -1.46. The van der Waals surface area contributed by atoms with Gasteiger partial charge in [-0.15, -0.1) is 0 Å². The van der Waals surface area contributed by atoms with Crippen LogP contribution < -0.4 is 10.1 Å². The van der Waals surface area contributed by atoms with Gasteiger partial charge in [-0.3, -0.25) is 0 Å². The molecule has 1 N–H and O–H groups in total. The highest BCUT2D eigenvalue weighted by Crippen LogP contribution is 2.29. The molecule has 2 aromatic carbocycles. The van der Waals surface area contributed by atoms with Crippen LogP contribution in [-0.2, 0) is 6.54 Å². The van der Waals surface area contributed by atoms with Gasteiger partial charge < -0.3 is 10.1 Å². The highest BCUT2D eigenvalue weighted by atomic mass is 79.9. The van der Waals surface area contributed by atoms with E-state index in [1.807, 2.05) is 0 Å². The minimum atomic E-state index is -0.396. The summed E-state index contributed by atoms with van der Waals surface area (Å²) in [6.07, 6.45) is 2.31. The zero-order valence-corrected chi connectivity index (χ0v) is 12.8. The van der Waals surface area contributed by atoms with E-state index in [9.17, 15) is 8.78 Å². The summed E-state index contributed by atoms with van der Waals surface area (Å²) in [5.74, 6) is 0.213. The second kappa shape index (κ2) is 6.12. The fourth-order valence-electron chi connectivity index (χ4n) is 1.99. The fourth-order valence-corrected chi connectivity index (χ4v) is 2.24. The Balaban J connectivity index is 1.80. The maximum atomic E-state index is 13.5. The van der Waals surface area contributed by atoms with Crippen molar-refractivity contribution in [2.75, 3.05) is 0 Å². The van der Waals surface area contributed by atoms with Crippen LogP contribution in [0.5, 0.6) is 11.5 Å². The third-order valence-electron chi connectivity index (χ3n) is 3.30. The summed E-state index contributed by atoms with van der Waals surface area (Å²) in [6, 6.07) is 9.41. The predicted octanol–water partition coefficient (Wildman–Crippen LogP) is 4.77. The van der Waals surface area contributed by atoms with Crippen LogP contribution in [0.2, 0.25) is 0 Å². The first-order chi connectivity index (χ1) is 10.1. The van der Waals surface area contributed by atoms with Gasteiger partial charge >= 0.3 is 0 Å². The average molecular weight is 354 g/mol. The lowest BCUT2D eigenvalue weighted by atomic mass is 10.2. The SMILES string of the molecule is Fc1ccc(Oc2ccc(Br)c(F)c2)c(CNC2CC2)c1. The van der Waals surface area contributed by atoms with E-state index < -0.39 is 5.82 Å². The molecule has 0 saturated heterocycles. The van der Waals surface area contributed by atoms with Gasteiger partial charge in [0.05, 0.1) is 4.47 Å². The lowest BCUT2D eigenvalue weighted by Crippen LogP contribution is -2.15. The molecule has 1 aliphatic rings. The Kier molecular flexibility index (Phi) is 4.22. The summed E-state index contributed by atoms with van der Waals surface area (Å²) in [7, 11) is 0. The van der Waals surface area contributed by atoms with Crippen molar-refractivity contribution in [2.45, 2.75) is 25.4 Å². The third kappa shape index (κ3) is 3.80. The molecule has 0 bridgehead atoms. The molecular formula is C16H14BrF2NO. The number of nitrogens with one attached hydrogen (secondary N) is 1. The molecule has 1 saturated carbocycles. The maximum Gasteiger partial charge on any atom is 0.141 e. The molecule has 3 rings (SSSR count). The molecule has 1 aliphatic carbocycles. The van der Waals surface area contributed by atoms with Crippen molar-refractivity contribution < 1.29 is 13.5 Å². The first-order valence-corrected chi connectivity index (χ1v) is 7.56. The van der Waals surface area contributed by atoms with Crippen molar-refractivity contribution in [1.82, 2.24) is 5.32 Å². The Labute approximate surface area is 130 Å². The number of benzene rings is 2. The molecule has 0 aromatic heterocycles. The van der Waals surface area contributed by atoms with Gasteiger partial charge in [-0.2, -0.15) is 0 Å². The molecule has 1 fully saturated rings. The van der Waals surface area contributed by atoms with Gasteiger partial charge in [0.2, 0.25) is 0 Å². The van der Waals surface area contributed by atoms with Gasteiger partial charge in [0, 0.05) is 24.2 Å². The summed E-state index contributed by atoms with van der Waals surface area (Å²) >= 11 is 3.10. The van der Waals surface area contributed by atoms with Crippen LogP contribution in [0.4, 0.5) is 8.78 Å². The van der Waals surface area contributed by atoms with Crippen molar-refractivity contribution in [2.24, 2.45) is 0 Å². The van der Waals surface area contributed by atoms with Crippen molar-refractivity contribution in [3.8, 4) is 11.5 Å². The lowest BCUT2D eigenvalue weighted by molar-refractivity contribution is 0.464. The first-order valence-electron chi connectivity index (χ1n) is 6.76. The van der Waals surface area contributed by atoms with Crippen molar-refractivity contribution in [3.05, 3.63) is 58.1 Å². The van der Waals surface area contributed by atoms with E-state index in [0.717, 1.165) is 18.4 Å². The number of hydrogen-bond donors (Lipinski definition) is 1. The van der Waals surface area contributed by atoms with Gasteiger partial charge in [0.25, 0.3) is 0 Å². The summed E-state index contributed by atoms with van der Waals surface area (Å²) in [4.78, 5) is 0. The lowest BCUT2D eigenvalue weighted by Gasteiger charge is -2.12. The number of ether oxygens (including phenoxy) is 1. The summed E-state index contributed by atoms with van der Waals surface area (Å²) < 4.78 is 33.0. The van der Waals surface area contributed by atoms with Crippen LogP contribution in [0.15, 0.2) is 40.9 Å². The van der Waals surface area contributed by atoms with E-state index in [2.05, 4.69) is 21.2 Å². The molecule has 5 heteroatoms. The number of rotatable bonds is 5. The molecule has 0 amide bonds. The van der Waals surface area contributed by atoms with Crippen LogP contribution in [0, 0.1) is 11.6 Å². The molecule has 0 unspecified atom stereocenters. The molecular weight excluding hydrogens is 340 g/mol. The third-order valence-corrected chi connectivity index (χ3v) is 3.94. The van der Waals surface area contributed by atoms with Crippen LogP contribution in [-0.4, -0.2) is 6.04 Å². The zero-order chi connectivity index (χ0) is 14.8. The highest BCUT2D eigenvalue weighted by molar-refractivity contribution is 9.10. The predicted molar refractivity (Wildman–Crippen MR) is 80.4 cm³/mol. The Morgan fingerprint density at radius 1 is 1.14 bits per heavy atom. The summed E-state index contributed by atoms with van der Waals surface area (Å²) in [6.45, 7) is 0.538. The monoisotopic (exact) mass is 353 g/mol. The Morgan fingerprint density at radius 2 is 1.95 bits per heavy atom. The van der Waals surface area contributed by atoms with E-state index >= 15 is 0 Å². The smallest absolute Gasteiger partial charge is 0.141 e. The molecule has 110 valence electrons. The zero-order valence-electron chi connectivity index (χ0n) is 11.2. The van der Waals surface area contributed by atoms with E-state index in [-0.39, 0.29) is 5.82 Å². The minimum absolute atomic E-state index is 0.308. The van der Waals surface area contributed by atoms with Crippen molar-refractivity contribution >= 4 is 15.9 Å². The molecule has 21 heavy (non-hydrogen) atoms. The Bertz CT molecular complexity index is 659. The van der Waals surface area contributed by atoms with Crippen LogP contribution >= 0.6 is 15.9 Å². The van der Waals surface area contributed by atoms with Gasteiger partial charge in [0.15, 0.2) is 0 Å². The van der Waals surface area contributed by atoms with E-state index in [0.29, 0.717) is 28.6 Å². The molecule has 0 heterocycles. The molecule has 0 spiro atoms. The topological polar surface area (TPSA) is 21.3 Å². The van der Waals surface area contributed by atoms with Gasteiger partial charge in [-0.05, 0) is 59.1 Å². The van der Waals surface area contributed by atoms with Crippen LogP contribution in [0.3, 0.4) is 0 Å². The summed E-state index contributed by atoms with van der Waals surface area (Å²) in [5, 5.41) is 3.32. The number of hydrogen-bond acceptors (Lipinski definition) is 2. The van der Waals surface area contributed by atoms with Crippen molar-refractivity contribution in [3.63, 3.8) is 0 Å². The molecule has 2 aromatic rings. The van der Waals surface area contributed by atoms with E-state index in [1.165, 1.54) is 18.2 Å². The van der Waals surface area contributed by atoms with E-state index in [4.69, 9.17) is 4.74 Å². The van der Waals surface area contributed by atoms with Crippen LogP contribution in [0.1, 0.15) is 18.4 Å². The molecule has 2 nitrogen and oxygen atoms in total. The standard InChI is InChI=1S/C16H14BrF2NO/c17-14-5-4-13(8-15(14)19)21-16-6-1-11(18)7-10(16)9-20-12-2-3-12/h1,4-8,12,20H,2-3,9H2.